The van der Waals surface area contributed by atoms with Crippen molar-refractivity contribution < 1.29 is 14.3 Å². The molecule has 6 heteroatoms. The molecule has 0 saturated carbocycles. The molecule has 0 spiro atoms. The lowest BCUT2D eigenvalue weighted by Gasteiger charge is -2.11. The van der Waals surface area contributed by atoms with Crippen molar-refractivity contribution in [3.8, 4) is 0 Å². The average Bonchev–Trinajstić information content (AvgIpc) is 2.89. The van der Waals surface area contributed by atoms with Crippen molar-refractivity contribution in [3.05, 3.63) is 51.7 Å². The zero-order valence-corrected chi connectivity index (χ0v) is 11.1. The van der Waals surface area contributed by atoms with Crippen LogP contribution in [0, 0.1) is 5.82 Å². The van der Waals surface area contributed by atoms with Gasteiger partial charge in [0.05, 0.1) is 11.6 Å². The fourth-order valence-electron chi connectivity index (χ4n) is 1.65. The van der Waals surface area contributed by atoms with Gasteiger partial charge < -0.3 is 10.4 Å². The van der Waals surface area contributed by atoms with Gasteiger partial charge in [0.15, 0.2) is 0 Å². The lowest BCUT2D eigenvalue weighted by molar-refractivity contribution is 0.0692. The number of rotatable bonds is 5. The summed E-state index contributed by atoms with van der Waals surface area (Å²) in [5.41, 5.74) is 0.391. The normalized spacial score (nSPS) is 12.3. The molecule has 2 rings (SSSR count). The summed E-state index contributed by atoms with van der Waals surface area (Å²) in [6.45, 7) is 2.43. The van der Waals surface area contributed by atoms with Crippen LogP contribution < -0.4 is 5.32 Å². The van der Waals surface area contributed by atoms with E-state index < -0.39 is 11.8 Å². The molecule has 0 saturated heterocycles. The first kappa shape index (κ1) is 13.6. The van der Waals surface area contributed by atoms with E-state index in [0.717, 1.165) is 5.01 Å². The third kappa shape index (κ3) is 3.36. The number of aromatic carboxylic acids is 1. The van der Waals surface area contributed by atoms with Crippen molar-refractivity contribution in [2.24, 2.45) is 0 Å². The Morgan fingerprint density at radius 3 is 2.95 bits per heavy atom. The van der Waals surface area contributed by atoms with Crippen LogP contribution in [-0.2, 0) is 6.54 Å². The number of hydrogen-bond donors (Lipinski definition) is 2. The molecule has 1 atom stereocenters. The molecule has 0 fully saturated rings. The summed E-state index contributed by atoms with van der Waals surface area (Å²) in [4.78, 5) is 14.9. The second-order valence-electron chi connectivity index (χ2n) is 4.09. The molecule has 0 aliphatic rings. The van der Waals surface area contributed by atoms with Gasteiger partial charge in [-0.1, -0.05) is 6.07 Å². The van der Waals surface area contributed by atoms with Crippen LogP contribution in [0.15, 0.2) is 29.8 Å². The molecular formula is C13H13FN2O2S. The first-order chi connectivity index (χ1) is 9.08. The van der Waals surface area contributed by atoms with Gasteiger partial charge in [-0.25, -0.2) is 14.2 Å². The first-order valence-corrected chi connectivity index (χ1v) is 6.60. The SMILES string of the molecule is CC(NCc1ccc(C(=O)O)c(F)c1)c1nccs1. The molecule has 1 aromatic heterocycles. The maximum atomic E-state index is 13.5. The van der Waals surface area contributed by atoms with Gasteiger partial charge in [0.2, 0.25) is 0 Å². The van der Waals surface area contributed by atoms with Crippen molar-refractivity contribution in [1.29, 1.82) is 0 Å². The summed E-state index contributed by atoms with van der Waals surface area (Å²) in [6, 6.07) is 4.20. The number of halogens is 1. The van der Waals surface area contributed by atoms with Crippen molar-refractivity contribution in [3.63, 3.8) is 0 Å². The Morgan fingerprint density at radius 2 is 2.37 bits per heavy atom. The Balaban J connectivity index is 2.00. The molecule has 0 aliphatic heterocycles. The fourth-order valence-corrected chi connectivity index (χ4v) is 2.32. The van der Waals surface area contributed by atoms with E-state index in [2.05, 4.69) is 10.3 Å². The average molecular weight is 280 g/mol. The van der Waals surface area contributed by atoms with Gasteiger partial charge >= 0.3 is 5.97 Å². The van der Waals surface area contributed by atoms with Crippen LogP contribution in [0.25, 0.3) is 0 Å². The quantitative estimate of drug-likeness (QED) is 0.884. The van der Waals surface area contributed by atoms with Crippen molar-refractivity contribution in [2.75, 3.05) is 0 Å². The van der Waals surface area contributed by atoms with E-state index in [9.17, 15) is 9.18 Å². The lowest BCUT2D eigenvalue weighted by Crippen LogP contribution is -2.18. The number of hydrogen-bond acceptors (Lipinski definition) is 4. The van der Waals surface area contributed by atoms with Gasteiger partial charge in [-0.05, 0) is 24.6 Å². The van der Waals surface area contributed by atoms with Gasteiger partial charge in [-0.2, -0.15) is 0 Å². The summed E-state index contributed by atoms with van der Waals surface area (Å²) in [5, 5.41) is 14.8. The number of thiazole rings is 1. The predicted octanol–water partition coefficient (Wildman–Crippen LogP) is 2.83. The number of nitrogens with zero attached hydrogens (tertiary/aromatic N) is 1. The first-order valence-electron chi connectivity index (χ1n) is 5.72. The highest BCUT2D eigenvalue weighted by Gasteiger charge is 2.11. The van der Waals surface area contributed by atoms with E-state index in [0.29, 0.717) is 12.1 Å². The maximum Gasteiger partial charge on any atom is 0.338 e. The molecule has 2 aromatic rings. The molecule has 0 bridgehead atoms. The van der Waals surface area contributed by atoms with Crippen molar-refractivity contribution in [2.45, 2.75) is 19.5 Å². The molecule has 0 aliphatic carbocycles. The lowest BCUT2D eigenvalue weighted by atomic mass is 10.1. The summed E-state index contributed by atoms with van der Waals surface area (Å²) in [5.74, 6) is -1.97. The number of carbonyl (C=O) groups is 1. The smallest absolute Gasteiger partial charge is 0.338 e. The standard InChI is InChI=1S/C13H13FN2O2S/c1-8(12-15-4-5-19-12)16-7-9-2-3-10(13(17)18)11(14)6-9/h2-6,8,16H,7H2,1H3,(H,17,18). The number of aromatic nitrogens is 1. The second kappa shape index (κ2) is 5.90. The molecule has 0 radical (unpaired) electrons. The van der Waals surface area contributed by atoms with E-state index in [4.69, 9.17) is 5.11 Å². The van der Waals surface area contributed by atoms with Gasteiger partial charge in [-0.15, -0.1) is 11.3 Å². The highest BCUT2D eigenvalue weighted by atomic mass is 32.1. The largest absolute Gasteiger partial charge is 0.478 e. The Bertz CT molecular complexity index is 572. The van der Waals surface area contributed by atoms with E-state index in [1.165, 1.54) is 12.1 Å². The number of benzene rings is 1. The zero-order chi connectivity index (χ0) is 13.8. The van der Waals surface area contributed by atoms with Gasteiger partial charge in [0, 0.05) is 18.1 Å². The summed E-state index contributed by atoms with van der Waals surface area (Å²) in [7, 11) is 0. The molecule has 19 heavy (non-hydrogen) atoms. The number of carboxylic acids is 1. The minimum absolute atomic E-state index is 0.0715. The maximum absolute atomic E-state index is 13.5. The summed E-state index contributed by atoms with van der Waals surface area (Å²) >= 11 is 1.55. The van der Waals surface area contributed by atoms with E-state index in [1.54, 1.807) is 23.6 Å². The Morgan fingerprint density at radius 1 is 1.58 bits per heavy atom. The number of nitrogens with one attached hydrogen (secondary N) is 1. The van der Waals surface area contributed by atoms with Gasteiger partial charge in [0.1, 0.15) is 10.8 Å². The monoisotopic (exact) mass is 280 g/mol. The zero-order valence-electron chi connectivity index (χ0n) is 10.3. The molecule has 2 N–H and O–H groups in total. The molecular weight excluding hydrogens is 267 g/mol. The van der Waals surface area contributed by atoms with E-state index in [-0.39, 0.29) is 11.6 Å². The minimum Gasteiger partial charge on any atom is -0.478 e. The van der Waals surface area contributed by atoms with E-state index in [1.807, 2.05) is 12.3 Å². The van der Waals surface area contributed by atoms with Crippen LogP contribution in [0.2, 0.25) is 0 Å². The fraction of sp³-hybridized carbons (Fsp3) is 0.231. The van der Waals surface area contributed by atoms with Crippen molar-refractivity contribution in [1.82, 2.24) is 10.3 Å². The second-order valence-corrected chi connectivity index (χ2v) is 5.02. The highest BCUT2D eigenvalue weighted by Crippen LogP contribution is 2.16. The molecule has 1 unspecified atom stereocenters. The van der Waals surface area contributed by atoms with Crippen LogP contribution in [0.4, 0.5) is 4.39 Å². The minimum atomic E-state index is -1.26. The van der Waals surface area contributed by atoms with Crippen LogP contribution in [0.1, 0.15) is 33.9 Å². The molecule has 0 amide bonds. The van der Waals surface area contributed by atoms with E-state index >= 15 is 0 Å². The third-order valence-electron chi connectivity index (χ3n) is 2.70. The van der Waals surface area contributed by atoms with Crippen LogP contribution >= 0.6 is 11.3 Å². The molecule has 4 nitrogen and oxygen atoms in total. The predicted molar refractivity (Wildman–Crippen MR) is 70.7 cm³/mol. The van der Waals surface area contributed by atoms with Gasteiger partial charge in [-0.3, -0.25) is 0 Å². The molecule has 1 aromatic carbocycles. The summed E-state index contributed by atoms with van der Waals surface area (Å²) in [6.07, 6.45) is 1.74. The number of carboxylic acid groups (broad SMARTS) is 1. The third-order valence-corrected chi connectivity index (χ3v) is 3.66. The van der Waals surface area contributed by atoms with Gasteiger partial charge in [0.25, 0.3) is 0 Å². The van der Waals surface area contributed by atoms with Crippen molar-refractivity contribution >= 4 is 17.3 Å². The Labute approximate surface area is 113 Å². The van der Waals surface area contributed by atoms with Crippen LogP contribution in [0.3, 0.4) is 0 Å². The topological polar surface area (TPSA) is 62.2 Å². The Hall–Kier alpha value is -1.79. The summed E-state index contributed by atoms with van der Waals surface area (Å²) < 4.78 is 13.5. The molecule has 100 valence electrons. The highest BCUT2D eigenvalue weighted by molar-refractivity contribution is 7.09. The Kier molecular flexibility index (Phi) is 4.24. The van der Waals surface area contributed by atoms with Crippen LogP contribution in [-0.4, -0.2) is 16.1 Å². The van der Waals surface area contributed by atoms with Crippen LogP contribution in [0.5, 0.6) is 0 Å². The molecule has 1 heterocycles.